The zero-order valence-electron chi connectivity index (χ0n) is 5.93. The molecule has 0 aromatic rings. The average molecular weight is 170 g/mol. The third-order valence-electron chi connectivity index (χ3n) is 1.41. The number of hydrogen-bond donors (Lipinski definition) is 2. The van der Waals surface area contributed by atoms with Crippen LogP contribution in [-0.2, 0) is 14.3 Å². The molecule has 1 heterocycles. The molecule has 0 spiro atoms. The Kier molecular flexibility index (Phi) is 1.86. The Morgan fingerprint density at radius 2 is 1.75 bits per heavy atom. The van der Waals surface area contributed by atoms with Crippen molar-refractivity contribution in [3.8, 4) is 0 Å². The maximum Gasteiger partial charge on any atom is 0.364 e. The molecular formula is C7H6O5. The fraction of sp³-hybridized carbons (Fsp3) is 0.143. The first-order valence-electron chi connectivity index (χ1n) is 3.08. The van der Waals surface area contributed by atoms with E-state index in [4.69, 9.17) is 10.2 Å². The molecule has 64 valence electrons. The Bertz CT molecular complexity index is 262. The van der Waals surface area contributed by atoms with E-state index < -0.39 is 17.5 Å². The molecule has 12 heavy (non-hydrogen) atoms. The van der Waals surface area contributed by atoms with Crippen LogP contribution in [0.5, 0.6) is 0 Å². The predicted octanol–water partition coefficient (Wildman–Crippen LogP) is -0.00550. The lowest BCUT2D eigenvalue weighted by atomic mass is 10.0. The summed E-state index contributed by atoms with van der Waals surface area (Å²) in [6, 6.07) is 0. The van der Waals surface area contributed by atoms with Gasteiger partial charge in [0.25, 0.3) is 0 Å². The number of rotatable bonds is 2. The van der Waals surface area contributed by atoms with E-state index in [9.17, 15) is 9.59 Å². The second-order valence-corrected chi connectivity index (χ2v) is 2.15. The van der Waals surface area contributed by atoms with Gasteiger partial charge in [0.2, 0.25) is 0 Å². The van der Waals surface area contributed by atoms with Gasteiger partial charge in [0.1, 0.15) is 0 Å². The van der Waals surface area contributed by atoms with Crippen molar-refractivity contribution in [3.05, 3.63) is 24.5 Å². The number of carbonyl (C=O) groups is 2. The summed E-state index contributed by atoms with van der Waals surface area (Å²) in [7, 11) is 0. The van der Waals surface area contributed by atoms with E-state index >= 15 is 0 Å². The van der Waals surface area contributed by atoms with Crippen LogP contribution >= 0.6 is 0 Å². The average Bonchev–Trinajstić information content (AvgIpc) is 2.05. The molecule has 0 aliphatic carbocycles. The Morgan fingerprint density at radius 3 is 2.00 bits per heavy atom. The molecule has 1 rings (SSSR count). The predicted molar refractivity (Wildman–Crippen MR) is 37.4 cm³/mol. The van der Waals surface area contributed by atoms with Crippen LogP contribution in [0, 0.1) is 0 Å². The minimum Gasteiger partial charge on any atom is -0.478 e. The summed E-state index contributed by atoms with van der Waals surface area (Å²) in [6.07, 6.45) is 4.72. The highest BCUT2D eigenvalue weighted by atomic mass is 16.5. The van der Waals surface area contributed by atoms with E-state index in [1.807, 2.05) is 0 Å². The van der Waals surface area contributed by atoms with Crippen LogP contribution in [0.15, 0.2) is 24.5 Å². The van der Waals surface area contributed by atoms with Crippen molar-refractivity contribution in [1.29, 1.82) is 0 Å². The third-order valence-corrected chi connectivity index (χ3v) is 1.41. The second kappa shape index (κ2) is 2.69. The van der Waals surface area contributed by atoms with Crippen molar-refractivity contribution in [1.82, 2.24) is 0 Å². The fourth-order valence-corrected chi connectivity index (χ4v) is 0.757. The molecule has 0 radical (unpaired) electrons. The molecule has 0 bridgehead atoms. The molecular weight excluding hydrogens is 164 g/mol. The molecule has 2 N–H and O–H groups in total. The first-order valence-corrected chi connectivity index (χ1v) is 3.08. The highest BCUT2D eigenvalue weighted by Gasteiger charge is 2.47. The van der Waals surface area contributed by atoms with Gasteiger partial charge < -0.3 is 14.9 Å². The van der Waals surface area contributed by atoms with Crippen LogP contribution in [0.3, 0.4) is 0 Å². The zero-order chi connectivity index (χ0) is 9.19. The van der Waals surface area contributed by atoms with E-state index in [2.05, 4.69) is 4.74 Å². The number of carboxylic acids is 2. The smallest absolute Gasteiger partial charge is 0.364 e. The maximum atomic E-state index is 10.5. The highest BCUT2D eigenvalue weighted by molar-refractivity contribution is 6.04. The Morgan fingerprint density at radius 1 is 1.17 bits per heavy atom. The minimum atomic E-state index is -2.26. The van der Waals surface area contributed by atoms with E-state index in [-0.39, 0.29) is 0 Å². The summed E-state index contributed by atoms with van der Waals surface area (Å²) >= 11 is 0. The van der Waals surface area contributed by atoms with Crippen molar-refractivity contribution < 1.29 is 24.5 Å². The number of allylic oxidation sites excluding steroid dienone is 2. The lowest BCUT2D eigenvalue weighted by Gasteiger charge is -2.21. The van der Waals surface area contributed by atoms with Crippen LogP contribution in [0.25, 0.3) is 0 Å². The van der Waals surface area contributed by atoms with Crippen LogP contribution < -0.4 is 0 Å². The maximum absolute atomic E-state index is 10.5. The molecule has 1 aliphatic heterocycles. The molecule has 0 saturated heterocycles. The Balaban J connectivity index is 3.04. The standard InChI is InChI=1S/C7H6O5/c8-5(9)7(6(10)11)3-1-2-4-12-7/h1-4H,(H,8,9)(H,10,11). The fourth-order valence-electron chi connectivity index (χ4n) is 0.757. The zero-order valence-corrected chi connectivity index (χ0v) is 5.93. The van der Waals surface area contributed by atoms with Crippen molar-refractivity contribution >= 4 is 11.9 Å². The van der Waals surface area contributed by atoms with Crippen LogP contribution in [0.4, 0.5) is 0 Å². The van der Waals surface area contributed by atoms with Crippen LogP contribution in [-0.4, -0.2) is 27.8 Å². The van der Waals surface area contributed by atoms with Crippen molar-refractivity contribution in [2.75, 3.05) is 0 Å². The summed E-state index contributed by atoms with van der Waals surface area (Å²) in [5.41, 5.74) is -2.26. The second-order valence-electron chi connectivity index (χ2n) is 2.15. The molecule has 0 unspecified atom stereocenters. The summed E-state index contributed by atoms with van der Waals surface area (Å²) in [4.78, 5) is 21.1. The van der Waals surface area contributed by atoms with Gasteiger partial charge in [-0.15, -0.1) is 0 Å². The molecule has 5 nitrogen and oxygen atoms in total. The van der Waals surface area contributed by atoms with E-state index in [1.165, 1.54) is 12.2 Å². The highest BCUT2D eigenvalue weighted by Crippen LogP contribution is 2.18. The van der Waals surface area contributed by atoms with Gasteiger partial charge in [0, 0.05) is 0 Å². The first-order chi connectivity index (χ1) is 5.59. The quantitative estimate of drug-likeness (QED) is 0.569. The number of aliphatic carboxylic acids is 2. The van der Waals surface area contributed by atoms with Gasteiger partial charge in [-0.2, -0.15) is 0 Å². The monoisotopic (exact) mass is 170 g/mol. The summed E-state index contributed by atoms with van der Waals surface area (Å²) < 4.78 is 4.52. The molecule has 1 aliphatic rings. The molecule has 0 atom stereocenters. The number of ether oxygens (including phenoxy) is 1. The molecule has 0 aromatic heterocycles. The SMILES string of the molecule is O=C(O)C1(C(=O)O)C=CC=CO1. The van der Waals surface area contributed by atoms with Gasteiger partial charge in [-0.05, 0) is 12.2 Å². The molecule has 0 amide bonds. The van der Waals surface area contributed by atoms with Gasteiger partial charge in [-0.25, -0.2) is 9.59 Å². The summed E-state index contributed by atoms with van der Waals surface area (Å²) in [5.74, 6) is -3.09. The molecule has 0 aromatic carbocycles. The molecule has 5 heteroatoms. The number of hydrogen-bond acceptors (Lipinski definition) is 3. The van der Waals surface area contributed by atoms with Gasteiger partial charge in [0.15, 0.2) is 0 Å². The Hall–Kier alpha value is -1.78. The van der Waals surface area contributed by atoms with Crippen LogP contribution in [0.2, 0.25) is 0 Å². The lowest BCUT2D eigenvalue weighted by molar-refractivity contribution is -0.170. The first kappa shape index (κ1) is 8.32. The van der Waals surface area contributed by atoms with Crippen molar-refractivity contribution in [3.63, 3.8) is 0 Å². The third kappa shape index (κ3) is 1.05. The normalized spacial score (nSPS) is 18.3. The van der Waals surface area contributed by atoms with Gasteiger partial charge in [-0.1, -0.05) is 6.08 Å². The van der Waals surface area contributed by atoms with Gasteiger partial charge in [0.05, 0.1) is 6.26 Å². The van der Waals surface area contributed by atoms with Crippen molar-refractivity contribution in [2.24, 2.45) is 0 Å². The lowest BCUT2D eigenvalue weighted by Crippen LogP contribution is -2.46. The van der Waals surface area contributed by atoms with E-state index in [0.717, 1.165) is 12.3 Å². The van der Waals surface area contributed by atoms with Gasteiger partial charge in [-0.3, -0.25) is 0 Å². The summed E-state index contributed by atoms with van der Waals surface area (Å²) in [6.45, 7) is 0. The van der Waals surface area contributed by atoms with E-state index in [0.29, 0.717) is 0 Å². The minimum absolute atomic E-state index is 0.970. The van der Waals surface area contributed by atoms with Crippen molar-refractivity contribution in [2.45, 2.75) is 5.60 Å². The molecule has 0 fully saturated rings. The summed E-state index contributed by atoms with van der Waals surface area (Å²) in [5, 5.41) is 17.1. The van der Waals surface area contributed by atoms with Crippen LogP contribution in [0.1, 0.15) is 0 Å². The molecule has 0 saturated carbocycles. The largest absolute Gasteiger partial charge is 0.478 e. The topological polar surface area (TPSA) is 83.8 Å². The van der Waals surface area contributed by atoms with E-state index in [1.54, 1.807) is 0 Å². The number of carboxylic acid groups (broad SMARTS) is 2. The van der Waals surface area contributed by atoms with Gasteiger partial charge >= 0.3 is 17.5 Å². The Labute approximate surface area is 67.6 Å².